The van der Waals surface area contributed by atoms with Crippen molar-refractivity contribution in [2.24, 2.45) is 5.16 Å². The minimum Gasteiger partial charge on any atom is -0.411 e. The zero-order valence-electron chi connectivity index (χ0n) is 13.3. The first kappa shape index (κ1) is 15.8. The van der Waals surface area contributed by atoms with Crippen LogP contribution in [0.1, 0.15) is 39.5 Å². The van der Waals surface area contributed by atoms with E-state index in [2.05, 4.69) is 10.5 Å². The van der Waals surface area contributed by atoms with E-state index in [1.807, 2.05) is 32.9 Å². The number of anilines is 1. The highest BCUT2D eigenvalue weighted by Gasteiger charge is 2.13. The molecule has 0 saturated heterocycles. The summed E-state index contributed by atoms with van der Waals surface area (Å²) >= 11 is 0. The predicted molar refractivity (Wildman–Crippen MR) is 89.0 cm³/mol. The molecular formula is C18H20N2O2. The van der Waals surface area contributed by atoms with Crippen LogP contribution >= 0.6 is 0 Å². The molecule has 2 rings (SSSR count). The van der Waals surface area contributed by atoms with E-state index in [1.54, 1.807) is 31.2 Å². The quantitative estimate of drug-likeness (QED) is 0.509. The summed E-state index contributed by atoms with van der Waals surface area (Å²) in [6, 6.07) is 11.2. The highest BCUT2D eigenvalue weighted by molar-refractivity contribution is 6.06. The Hall–Kier alpha value is -2.62. The average molecular weight is 296 g/mol. The number of oxime groups is 1. The summed E-state index contributed by atoms with van der Waals surface area (Å²) in [5, 5.41) is 14.8. The third-order valence-corrected chi connectivity index (χ3v) is 3.61. The Balaban J connectivity index is 2.23. The van der Waals surface area contributed by atoms with Gasteiger partial charge < -0.3 is 10.5 Å². The molecule has 0 heterocycles. The van der Waals surface area contributed by atoms with Gasteiger partial charge in [0.25, 0.3) is 5.91 Å². The summed E-state index contributed by atoms with van der Waals surface area (Å²) in [5.74, 6) is -0.115. The predicted octanol–water partition coefficient (Wildman–Crippen LogP) is 4.06. The molecule has 2 N–H and O–H groups in total. The highest BCUT2D eigenvalue weighted by Crippen LogP contribution is 2.19. The molecule has 114 valence electrons. The van der Waals surface area contributed by atoms with Crippen LogP contribution in [0.4, 0.5) is 5.69 Å². The van der Waals surface area contributed by atoms with Crippen LogP contribution in [0.15, 0.2) is 41.6 Å². The first-order valence-corrected chi connectivity index (χ1v) is 7.10. The topological polar surface area (TPSA) is 61.7 Å². The van der Waals surface area contributed by atoms with Crippen LogP contribution in [0, 0.1) is 20.8 Å². The first-order chi connectivity index (χ1) is 10.4. The number of carbonyl (C=O) groups is 1. The van der Waals surface area contributed by atoms with Crippen LogP contribution in [0.5, 0.6) is 0 Å². The van der Waals surface area contributed by atoms with Crippen molar-refractivity contribution in [3.05, 3.63) is 64.2 Å². The largest absolute Gasteiger partial charge is 0.411 e. The lowest BCUT2D eigenvalue weighted by Crippen LogP contribution is -2.15. The Labute approximate surface area is 130 Å². The van der Waals surface area contributed by atoms with Crippen molar-refractivity contribution in [3.63, 3.8) is 0 Å². The molecule has 0 unspecified atom stereocenters. The number of nitrogens with one attached hydrogen (secondary N) is 1. The normalized spacial score (nSPS) is 11.4. The van der Waals surface area contributed by atoms with E-state index in [-0.39, 0.29) is 5.91 Å². The molecule has 0 aromatic heterocycles. The zero-order valence-corrected chi connectivity index (χ0v) is 13.3. The Morgan fingerprint density at radius 3 is 2.09 bits per heavy atom. The molecule has 0 fully saturated rings. The van der Waals surface area contributed by atoms with Crippen molar-refractivity contribution in [1.29, 1.82) is 0 Å². The summed E-state index contributed by atoms with van der Waals surface area (Å²) in [6.07, 6.45) is 0. The lowest BCUT2D eigenvalue weighted by atomic mass is 9.99. The van der Waals surface area contributed by atoms with E-state index in [0.717, 1.165) is 22.3 Å². The Morgan fingerprint density at radius 1 is 1.05 bits per heavy atom. The molecule has 0 atom stereocenters. The highest BCUT2D eigenvalue weighted by atomic mass is 16.4. The van der Waals surface area contributed by atoms with Crippen LogP contribution < -0.4 is 5.32 Å². The molecule has 2 aromatic rings. The fraction of sp³-hybridized carbons (Fsp3) is 0.222. The number of rotatable bonds is 3. The SMILES string of the molecule is C/C(=N\O)c1ccc(NC(=O)c2c(C)cc(C)cc2C)cc1. The van der Waals surface area contributed by atoms with E-state index in [1.165, 1.54) is 0 Å². The number of amides is 1. The molecule has 0 saturated carbocycles. The van der Waals surface area contributed by atoms with E-state index in [9.17, 15) is 4.79 Å². The second-order valence-corrected chi connectivity index (χ2v) is 5.49. The van der Waals surface area contributed by atoms with E-state index >= 15 is 0 Å². The van der Waals surface area contributed by atoms with Crippen molar-refractivity contribution >= 4 is 17.3 Å². The van der Waals surface area contributed by atoms with Gasteiger partial charge in [0, 0.05) is 11.3 Å². The fourth-order valence-electron chi connectivity index (χ4n) is 2.58. The van der Waals surface area contributed by atoms with Gasteiger partial charge >= 0.3 is 0 Å². The first-order valence-electron chi connectivity index (χ1n) is 7.10. The van der Waals surface area contributed by atoms with Crippen LogP contribution in [-0.4, -0.2) is 16.8 Å². The standard InChI is InChI=1S/C18H20N2O2/c1-11-9-12(2)17(13(3)10-11)18(21)19-16-7-5-15(6-8-16)14(4)20-22/h5-10,22H,1-4H3,(H,19,21)/b20-14+. The number of hydrogen-bond donors (Lipinski definition) is 2. The molecule has 0 bridgehead atoms. The molecule has 4 nitrogen and oxygen atoms in total. The lowest BCUT2D eigenvalue weighted by molar-refractivity contribution is 0.102. The van der Waals surface area contributed by atoms with Crippen molar-refractivity contribution in [1.82, 2.24) is 0 Å². The molecule has 0 aliphatic rings. The third-order valence-electron chi connectivity index (χ3n) is 3.61. The van der Waals surface area contributed by atoms with Crippen molar-refractivity contribution in [2.75, 3.05) is 5.32 Å². The van der Waals surface area contributed by atoms with Crippen molar-refractivity contribution in [2.45, 2.75) is 27.7 Å². The summed E-state index contributed by atoms with van der Waals surface area (Å²) in [5.41, 5.74) is 5.84. The van der Waals surface area contributed by atoms with Gasteiger partial charge in [-0.05, 0) is 56.5 Å². The van der Waals surface area contributed by atoms with Gasteiger partial charge in [-0.1, -0.05) is 35.0 Å². The Bertz CT molecular complexity index is 708. The summed E-state index contributed by atoms with van der Waals surface area (Å²) < 4.78 is 0. The zero-order chi connectivity index (χ0) is 16.3. The molecule has 1 amide bonds. The number of nitrogens with zero attached hydrogens (tertiary/aromatic N) is 1. The molecule has 0 spiro atoms. The smallest absolute Gasteiger partial charge is 0.256 e. The fourth-order valence-corrected chi connectivity index (χ4v) is 2.58. The second kappa shape index (κ2) is 6.43. The van der Waals surface area contributed by atoms with Crippen LogP contribution in [0.25, 0.3) is 0 Å². The van der Waals surface area contributed by atoms with Gasteiger partial charge in [0.15, 0.2) is 0 Å². The minimum absolute atomic E-state index is 0.115. The van der Waals surface area contributed by atoms with Gasteiger partial charge in [-0.15, -0.1) is 0 Å². The van der Waals surface area contributed by atoms with Crippen LogP contribution in [0.2, 0.25) is 0 Å². The molecular weight excluding hydrogens is 276 g/mol. The van der Waals surface area contributed by atoms with E-state index in [4.69, 9.17) is 5.21 Å². The Morgan fingerprint density at radius 2 is 1.59 bits per heavy atom. The maximum Gasteiger partial charge on any atom is 0.256 e. The number of benzene rings is 2. The maximum absolute atomic E-state index is 12.5. The van der Waals surface area contributed by atoms with Crippen LogP contribution in [0.3, 0.4) is 0 Å². The average Bonchev–Trinajstić information content (AvgIpc) is 2.46. The molecule has 0 aliphatic heterocycles. The lowest BCUT2D eigenvalue weighted by Gasteiger charge is -2.12. The summed E-state index contributed by atoms with van der Waals surface area (Å²) in [7, 11) is 0. The molecule has 22 heavy (non-hydrogen) atoms. The van der Waals surface area contributed by atoms with E-state index < -0.39 is 0 Å². The minimum atomic E-state index is -0.115. The monoisotopic (exact) mass is 296 g/mol. The number of aryl methyl sites for hydroxylation is 3. The van der Waals surface area contributed by atoms with Gasteiger partial charge in [-0.25, -0.2) is 0 Å². The van der Waals surface area contributed by atoms with Crippen molar-refractivity contribution < 1.29 is 10.0 Å². The summed E-state index contributed by atoms with van der Waals surface area (Å²) in [4.78, 5) is 12.5. The Kier molecular flexibility index (Phi) is 4.61. The van der Waals surface area contributed by atoms with Gasteiger partial charge in [0.05, 0.1) is 5.71 Å². The molecule has 2 aromatic carbocycles. The second-order valence-electron chi connectivity index (χ2n) is 5.49. The molecule has 0 radical (unpaired) electrons. The van der Waals surface area contributed by atoms with Gasteiger partial charge in [-0.2, -0.15) is 0 Å². The third kappa shape index (κ3) is 3.34. The molecule has 4 heteroatoms. The molecule has 0 aliphatic carbocycles. The van der Waals surface area contributed by atoms with Crippen molar-refractivity contribution in [3.8, 4) is 0 Å². The number of carbonyl (C=O) groups excluding carboxylic acids is 1. The van der Waals surface area contributed by atoms with Gasteiger partial charge in [-0.3, -0.25) is 4.79 Å². The van der Waals surface area contributed by atoms with Gasteiger partial charge in [0.2, 0.25) is 0 Å². The summed E-state index contributed by atoms with van der Waals surface area (Å²) in [6.45, 7) is 7.62. The van der Waals surface area contributed by atoms with Gasteiger partial charge in [0.1, 0.15) is 0 Å². The maximum atomic E-state index is 12.5. The van der Waals surface area contributed by atoms with Crippen LogP contribution in [-0.2, 0) is 0 Å². The number of hydrogen-bond acceptors (Lipinski definition) is 3. The van der Waals surface area contributed by atoms with E-state index in [0.29, 0.717) is 17.0 Å².